The van der Waals surface area contributed by atoms with Crippen LogP contribution in [-0.4, -0.2) is 25.3 Å². The summed E-state index contributed by atoms with van der Waals surface area (Å²) in [5, 5.41) is 9.84. The zero-order valence-corrected chi connectivity index (χ0v) is 19.2. The van der Waals surface area contributed by atoms with Gasteiger partial charge in [-0.05, 0) is 91.1 Å². The summed E-state index contributed by atoms with van der Waals surface area (Å²) in [6.45, 7) is 4.67. The lowest BCUT2D eigenvalue weighted by atomic mass is 9.79. The number of hydrogen-bond acceptors (Lipinski definition) is 4. The largest absolute Gasteiger partial charge is 0.508 e. The molecule has 0 aliphatic heterocycles. The minimum Gasteiger partial charge on any atom is -0.508 e. The van der Waals surface area contributed by atoms with Crippen LogP contribution in [0.25, 0.3) is 0 Å². The number of nitrogens with zero attached hydrogens (tertiary/aromatic N) is 1. The Bertz CT molecular complexity index is 1050. The van der Waals surface area contributed by atoms with E-state index in [1.54, 1.807) is 7.11 Å². The van der Waals surface area contributed by atoms with Gasteiger partial charge in [0.1, 0.15) is 11.5 Å². The van der Waals surface area contributed by atoms with Gasteiger partial charge in [-0.2, -0.15) is 0 Å². The summed E-state index contributed by atoms with van der Waals surface area (Å²) in [6.07, 6.45) is 3.99. The molecule has 4 nitrogen and oxygen atoms in total. The molecule has 3 N–H and O–H groups in total. The average molecular weight is 431 g/mol. The topological polar surface area (TPSA) is 58.7 Å². The second-order valence-electron chi connectivity index (χ2n) is 8.69. The molecule has 4 heteroatoms. The van der Waals surface area contributed by atoms with Crippen LogP contribution in [0.15, 0.2) is 60.7 Å². The lowest BCUT2D eigenvalue weighted by molar-refractivity contribution is 0.414. The molecule has 0 amide bonds. The van der Waals surface area contributed by atoms with Gasteiger partial charge in [0.05, 0.1) is 7.11 Å². The molecule has 168 valence electrons. The highest BCUT2D eigenvalue weighted by molar-refractivity contribution is 5.60. The van der Waals surface area contributed by atoms with Gasteiger partial charge in [0, 0.05) is 24.8 Å². The lowest BCUT2D eigenvalue weighted by Gasteiger charge is -2.32. The zero-order valence-electron chi connectivity index (χ0n) is 19.2. The summed E-state index contributed by atoms with van der Waals surface area (Å²) < 4.78 is 5.59. The summed E-state index contributed by atoms with van der Waals surface area (Å²) in [7, 11) is 1.73. The smallest absolute Gasteiger partial charge is 0.120 e. The Hall–Kier alpha value is -2.98. The summed E-state index contributed by atoms with van der Waals surface area (Å²) >= 11 is 0. The summed E-state index contributed by atoms with van der Waals surface area (Å²) in [4.78, 5) is 2.45. The van der Waals surface area contributed by atoms with Crippen molar-refractivity contribution in [2.24, 2.45) is 5.73 Å². The fourth-order valence-corrected chi connectivity index (χ4v) is 4.84. The Kier molecular flexibility index (Phi) is 7.01. The minimum absolute atomic E-state index is 0.363. The van der Waals surface area contributed by atoms with Gasteiger partial charge >= 0.3 is 0 Å². The molecule has 0 bridgehead atoms. The fourth-order valence-electron chi connectivity index (χ4n) is 4.84. The quantitative estimate of drug-likeness (QED) is 0.516. The van der Waals surface area contributed by atoms with Crippen LogP contribution in [0.2, 0.25) is 0 Å². The van der Waals surface area contributed by atoms with Gasteiger partial charge in [0.15, 0.2) is 0 Å². The third-order valence-corrected chi connectivity index (χ3v) is 6.65. The number of ether oxygens (including phenoxy) is 1. The number of anilines is 1. The van der Waals surface area contributed by atoms with E-state index in [0.717, 1.165) is 44.5 Å². The van der Waals surface area contributed by atoms with Gasteiger partial charge in [0.25, 0.3) is 0 Å². The lowest BCUT2D eigenvalue weighted by Crippen LogP contribution is -2.25. The molecule has 0 heterocycles. The van der Waals surface area contributed by atoms with E-state index >= 15 is 0 Å². The third-order valence-electron chi connectivity index (χ3n) is 6.65. The molecule has 3 aromatic rings. The Morgan fingerprint density at radius 3 is 2.50 bits per heavy atom. The maximum absolute atomic E-state index is 9.84. The molecule has 0 aromatic heterocycles. The van der Waals surface area contributed by atoms with E-state index in [0.29, 0.717) is 18.2 Å². The van der Waals surface area contributed by atoms with Crippen molar-refractivity contribution in [1.82, 2.24) is 0 Å². The van der Waals surface area contributed by atoms with Gasteiger partial charge in [-0.25, -0.2) is 0 Å². The highest BCUT2D eigenvalue weighted by Crippen LogP contribution is 2.40. The molecule has 32 heavy (non-hydrogen) atoms. The molecule has 0 saturated heterocycles. The van der Waals surface area contributed by atoms with Crippen molar-refractivity contribution < 1.29 is 9.84 Å². The predicted molar refractivity (Wildman–Crippen MR) is 132 cm³/mol. The molecule has 1 atom stereocenters. The molecular formula is C28H34N2O2. The van der Waals surface area contributed by atoms with Crippen molar-refractivity contribution in [2.75, 3.05) is 25.1 Å². The Labute approximate surface area is 191 Å². The highest BCUT2D eigenvalue weighted by atomic mass is 16.5. The van der Waals surface area contributed by atoms with Crippen LogP contribution in [0.5, 0.6) is 11.5 Å². The third kappa shape index (κ3) is 4.91. The molecule has 3 aromatic carbocycles. The van der Waals surface area contributed by atoms with E-state index in [1.807, 2.05) is 12.1 Å². The molecule has 0 saturated carbocycles. The number of phenolic OH excluding ortho intramolecular Hbond substituents is 1. The normalized spacial score (nSPS) is 15.3. The van der Waals surface area contributed by atoms with Gasteiger partial charge in [0.2, 0.25) is 0 Å². The predicted octanol–water partition coefficient (Wildman–Crippen LogP) is 5.20. The highest BCUT2D eigenvalue weighted by Gasteiger charge is 2.24. The molecule has 0 spiro atoms. The Morgan fingerprint density at radius 1 is 1.00 bits per heavy atom. The second-order valence-corrected chi connectivity index (χ2v) is 8.69. The van der Waals surface area contributed by atoms with Gasteiger partial charge in [-0.1, -0.05) is 36.4 Å². The van der Waals surface area contributed by atoms with E-state index in [2.05, 4.69) is 60.4 Å². The van der Waals surface area contributed by atoms with Crippen molar-refractivity contribution in [3.8, 4) is 11.5 Å². The van der Waals surface area contributed by atoms with Gasteiger partial charge < -0.3 is 20.5 Å². The molecule has 4 rings (SSSR count). The average Bonchev–Trinajstić information content (AvgIpc) is 2.83. The van der Waals surface area contributed by atoms with Crippen molar-refractivity contribution in [3.05, 3.63) is 88.5 Å². The van der Waals surface area contributed by atoms with Crippen LogP contribution in [0.4, 0.5) is 5.69 Å². The van der Waals surface area contributed by atoms with E-state index in [4.69, 9.17) is 10.5 Å². The zero-order chi connectivity index (χ0) is 22.5. The SMILES string of the molecule is CCN(Cc1ccc(CCN)cc1)c1cc(OC)ccc1C1CCc2cc(O)ccc2C1. The minimum atomic E-state index is 0.363. The summed E-state index contributed by atoms with van der Waals surface area (Å²) in [5.74, 6) is 1.71. The number of phenols is 1. The molecule has 1 aliphatic rings. The van der Waals surface area contributed by atoms with Crippen molar-refractivity contribution >= 4 is 5.69 Å². The van der Waals surface area contributed by atoms with E-state index in [9.17, 15) is 5.11 Å². The molecule has 0 fully saturated rings. The first-order valence-electron chi connectivity index (χ1n) is 11.6. The Balaban J connectivity index is 1.62. The number of methoxy groups -OCH3 is 1. The van der Waals surface area contributed by atoms with Gasteiger partial charge in [-0.15, -0.1) is 0 Å². The van der Waals surface area contributed by atoms with E-state index < -0.39 is 0 Å². The number of rotatable bonds is 8. The first-order chi connectivity index (χ1) is 15.6. The van der Waals surface area contributed by atoms with Crippen LogP contribution < -0.4 is 15.4 Å². The number of aryl methyl sites for hydroxylation is 1. The number of hydrogen-bond donors (Lipinski definition) is 2. The number of fused-ring (bicyclic) bond motifs is 1. The molecule has 1 unspecified atom stereocenters. The van der Waals surface area contributed by atoms with Crippen LogP contribution in [0.1, 0.15) is 47.1 Å². The van der Waals surface area contributed by atoms with Crippen molar-refractivity contribution in [1.29, 1.82) is 0 Å². The summed E-state index contributed by atoms with van der Waals surface area (Å²) in [5.41, 5.74) is 13.5. The van der Waals surface area contributed by atoms with Crippen LogP contribution in [-0.2, 0) is 25.8 Å². The van der Waals surface area contributed by atoms with Gasteiger partial charge in [-0.3, -0.25) is 0 Å². The first kappa shape index (κ1) is 22.2. The molecular weight excluding hydrogens is 396 g/mol. The van der Waals surface area contributed by atoms with Crippen molar-refractivity contribution in [3.63, 3.8) is 0 Å². The number of nitrogens with two attached hydrogens (primary N) is 1. The van der Waals surface area contributed by atoms with Crippen LogP contribution in [0, 0.1) is 0 Å². The second kappa shape index (κ2) is 10.1. The number of benzene rings is 3. The summed E-state index contributed by atoms with van der Waals surface area (Å²) in [6, 6.07) is 21.2. The van der Waals surface area contributed by atoms with Crippen molar-refractivity contribution in [2.45, 2.75) is 45.1 Å². The molecule has 1 aliphatic carbocycles. The fraction of sp³-hybridized carbons (Fsp3) is 0.357. The number of aromatic hydroxyl groups is 1. The maximum Gasteiger partial charge on any atom is 0.120 e. The van der Waals surface area contributed by atoms with E-state index in [-0.39, 0.29) is 0 Å². The van der Waals surface area contributed by atoms with E-state index in [1.165, 1.54) is 33.5 Å². The van der Waals surface area contributed by atoms with Crippen LogP contribution >= 0.6 is 0 Å². The monoisotopic (exact) mass is 430 g/mol. The molecule has 0 radical (unpaired) electrons. The maximum atomic E-state index is 9.84. The first-order valence-corrected chi connectivity index (χ1v) is 11.6. The Morgan fingerprint density at radius 2 is 1.78 bits per heavy atom. The van der Waals surface area contributed by atoms with Crippen LogP contribution in [0.3, 0.4) is 0 Å². The standard InChI is InChI=1S/C28H34N2O2/c1-3-30(19-21-6-4-20(5-7-21)14-15-29)28-18-26(32-2)12-13-27(28)24-9-8-23-17-25(31)11-10-22(23)16-24/h4-7,10-13,17-18,24,31H,3,8-9,14-16,19,29H2,1-2H3.